The van der Waals surface area contributed by atoms with Gasteiger partial charge in [0.15, 0.2) is 5.11 Å². The Bertz CT molecular complexity index is 747. The first-order valence-corrected chi connectivity index (χ1v) is 7.76. The predicted molar refractivity (Wildman–Crippen MR) is 95.6 cm³/mol. The highest BCUT2D eigenvalue weighted by molar-refractivity contribution is 9.10. The van der Waals surface area contributed by atoms with Crippen molar-refractivity contribution in [3.63, 3.8) is 0 Å². The van der Waals surface area contributed by atoms with Crippen LogP contribution >= 0.6 is 28.1 Å². The first-order chi connectivity index (χ1) is 11.0. The number of carbonyl (C=O) groups is 2. The third-order valence-corrected chi connectivity index (χ3v) is 3.58. The lowest BCUT2D eigenvalue weighted by Gasteiger charge is -2.10. The SMILES string of the molecule is COC(=O)c1ccc(C(=O)NC(=S)Nc2cccc(Br)c2)cc1. The maximum absolute atomic E-state index is 12.1. The molecule has 0 aliphatic rings. The molecule has 118 valence electrons. The summed E-state index contributed by atoms with van der Waals surface area (Å²) in [5.41, 5.74) is 1.51. The summed E-state index contributed by atoms with van der Waals surface area (Å²) in [6, 6.07) is 13.5. The molecule has 1 amide bonds. The van der Waals surface area contributed by atoms with Crippen molar-refractivity contribution in [2.24, 2.45) is 0 Å². The van der Waals surface area contributed by atoms with Gasteiger partial charge >= 0.3 is 5.97 Å². The molecule has 0 saturated carbocycles. The van der Waals surface area contributed by atoms with Crippen LogP contribution < -0.4 is 10.6 Å². The minimum absolute atomic E-state index is 0.185. The van der Waals surface area contributed by atoms with E-state index in [1.807, 2.05) is 24.3 Å². The number of thiocarbonyl (C=S) groups is 1. The quantitative estimate of drug-likeness (QED) is 0.619. The lowest BCUT2D eigenvalue weighted by Crippen LogP contribution is -2.34. The number of halogens is 1. The molecule has 2 aromatic rings. The van der Waals surface area contributed by atoms with Gasteiger partial charge in [0, 0.05) is 15.7 Å². The van der Waals surface area contributed by atoms with E-state index in [1.165, 1.54) is 31.4 Å². The highest BCUT2D eigenvalue weighted by Crippen LogP contribution is 2.15. The maximum atomic E-state index is 12.1. The minimum Gasteiger partial charge on any atom is -0.465 e. The molecule has 7 heteroatoms. The second kappa shape index (κ2) is 7.85. The highest BCUT2D eigenvalue weighted by atomic mass is 79.9. The Balaban J connectivity index is 1.98. The molecule has 0 aromatic heterocycles. The average molecular weight is 393 g/mol. The summed E-state index contributed by atoms with van der Waals surface area (Å²) in [6.07, 6.45) is 0. The lowest BCUT2D eigenvalue weighted by molar-refractivity contribution is 0.0600. The molecule has 5 nitrogen and oxygen atoms in total. The van der Waals surface area contributed by atoms with E-state index in [2.05, 4.69) is 31.3 Å². The fraction of sp³-hybridized carbons (Fsp3) is 0.0625. The van der Waals surface area contributed by atoms with Gasteiger partial charge in [-0.1, -0.05) is 22.0 Å². The Morgan fingerprint density at radius 2 is 1.74 bits per heavy atom. The first-order valence-electron chi connectivity index (χ1n) is 6.56. The van der Waals surface area contributed by atoms with E-state index in [1.54, 1.807) is 0 Å². The Labute approximate surface area is 147 Å². The summed E-state index contributed by atoms with van der Waals surface area (Å²) in [5.74, 6) is -0.822. The number of nitrogens with one attached hydrogen (secondary N) is 2. The first kappa shape index (κ1) is 17.1. The molecule has 2 aromatic carbocycles. The van der Waals surface area contributed by atoms with Crippen molar-refractivity contribution in [2.75, 3.05) is 12.4 Å². The van der Waals surface area contributed by atoms with Crippen molar-refractivity contribution in [2.45, 2.75) is 0 Å². The zero-order valence-electron chi connectivity index (χ0n) is 12.1. The van der Waals surface area contributed by atoms with E-state index in [9.17, 15) is 9.59 Å². The van der Waals surface area contributed by atoms with Crippen LogP contribution in [-0.2, 0) is 4.74 Å². The zero-order valence-corrected chi connectivity index (χ0v) is 14.5. The third kappa shape index (κ3) is 4.87. The molecular weight excluding hydrogens is 380 g/mol. The van der Waals surface area contributed by atoms with Gasteiger partial charge in [-0.3, -0.25) is 10.1 Å². The molecule has 0 unspecified atom stereocenters. The molecule has 0 atom stereocenters. The second-order valence-electron chi connectivity index (χ2n) is 4.49. The van der Waals surface area contributed by atoms with Crippen LogP contribution in [-0.4, -0.2) is 24.1 Å². The molecule has 0 aliphatic carbocycles. The minimum atomic E-state index is -0.455. The van der Waals surface area contributed by atoms with Crippen LogP contribution in [0.5, 0.6) is 0 Å². The van der Waals surface area contributed by atoms with Crippen molar-refractivity contribution in [1.82, 2.24) is 5.32 Å². The van der Waals surface area contributed by atoms with Gasteiger partial charge in [-0.05, 0) is 54.7 Å². The molecular formula is C16H13BrN2O3S. The van der Waals surface area contributed by atoms with Gasteiger partial charge in [-0.25, -0.2) is 4.79 Å². The van der Waals surface area contributed by atoms with Crippen LogP contribution in [0.15, 0.2) is 53.0 Å². The number of esters is 1. The molecule has 0 bridgehead atoms. The van der Waals surface area contributed by atoms with Crippen molar-refractivity contribution in [1.29, 1.82) is 0 Å². The number of rotatable bonds is 3. The van der Waals surface area contributed by atoms with E-state index >= 15 is 0 Å². The van der Waals surface area contributed by atoms with Gasteiger partial charge in [0.05, 0.1) is 12.7 Å². The van der Waals surface area contributed by atoms with Crippen LogP contribution in [0.4, 0.5) is 5.69 Å². The largest absolute Gasteiger partial charge is 0.465 e. The third-order valence-electron chi connectivity index (χ3n) is 2.88. The number of carbonyl (C=O) groups excluding carboxylic acids is 2. The van der Waals surface area contributed by atoms with Gasteiger partial charge < -0.3 is 10.1 Å². The maximum Gasteiger partial charge on any atom is 0.337 e. The highest BCUT2D eigenvalue weighted by Gasteiger charge is 2.10. The van der Waals surface area contributed by atoms with Crippen LogP contribution in [0, 0.1) is 0 Å². The van der Waals surface area contributed by atoms with Crippen molar-refractivity contribution < 1.29 is 14.3 Å². The van der Waals surface area contributed by atoms with Gasteiger partial charge in [0.1, 0.15) is 0 Å². The number of hydrogen-bond donors (Lipinski definition) is 2. The van der Waals surface area contributed by atoms with E-state index in [0.29, 0.717) is 11.1 Å². The predicted octanol–water partition coefficient (Wildman–Crippen LogP) is 3.36. The summed E-state index contributed by atoms with van der Waals surface area (Å²) >= 11 is 8.46. The molecule has 0 aliphatic heterocycles. The van der Waals surface area contributed by atoms with Crippen LogP contribution in [0.1, 0.15) is 20.7 Å². The zero-order chi connectivity index (χ0) is 16.8. The number of amides is 1. The van der Waals surface area contributed by atoms with Crippen LogP contribution in [0.2, 0.25) is 0 Å². The summed E-state index contributed by atoms with van der Waals surface area (Å²) in [6.45, 7) is 0. The van der Waals surface area contributed by atoms with E-state index < -0.39 is 5.97 Å². The average Bonchev–Trinajstić information content (AvgIpc) is 2.54. The Morgan fingerprint density at radius 1 is 1.09 bits per heavy atom. The summed E-state index contributed by atoms with van der Waals surface area (Å²) in [4.78, 5) is 23.4. The van der Waals surface area contributed by atoms with Crippen molar-refractivity contribution in [3.8, 4) is 0 Å². The fourth-order valence-electron chi connectivity index (χ4n) is 1.78. The van der Waals surface area contributed by atoms with E-state index in [4.69, 9.17) is 12.2 Å². The molecule has 0 fully saturated rings. The molecule has 2 N–H and O–H groups in total. The normalized spacial score (nSPS) is 9.83. The van der Waals surface area contributed by atoms with E-state index in [-0.39, 0.29) is 11.0 Å². The van der Waals surface area contributed by atoms with Crippen LogP contribution in [0.3, 0.4) is 0 Å². The van der Waals surface area contributed by atoms with E-state index in [0.717, 1.165) is 10.2 Å². The smallest absolute Gasteiger partial charge is 0.337 e. The Hall–Kier alpha value is -2.25. The second-order valence-corrected chi connectivity index (χ2v) is 5.81. The summed E-state index contributed by atoms with van der Waals surface area (Å²) in [7, 11) is 1.30. The standard InChI is InChI=1S/C16H13BrN2O3S/c1-22-15(21)11-7-5-10(6-8-11)14(20)19-16(23)18-13-4-2-3-12(17)9-13/h2-9H,1H3,(H2,18,19,20,23). The number of ether oxygens (including phenoxy) is 1. The van der Waals surface area contributed by atoms with Crippen molar-refractivity contribution in [3.05, 3.63) is 64.1 Å². The molecule has 23 heavy (non-hydrogen) atoms. The van der Waals surface area contributed by atoms with Gasteiger partial charge in [0.25, 0.3) is 5.91 Å². The number of hydrogen-bond acceptors (Lipinski definition) is 4. The number of methoxy groups -OCH3 is 1. The van der Waals surface area contributed by atoms with Gasteiger partial charge in [0.2, 0.25) is 0 Å². The number of benzene rings is 2. The van der Waals surface area contributed by atoms with Crippen LogP contribution in [0.25, 0.3) is 0 Å². The molecule has 0 heterocycles. The lowest BCUT2D eigenvalue weighted by atomic mass is 10.1. The fourth-order valence-corrected chi connectivity index (χ4v) is 2.39. The number of anilines is 1. The molecule has 0 saturated heterocycles. The molecule has 0 radical (unpaired) electrons. The summed E-state index contributed by atoms with van der Waals surface area (Å²) < 4.78 is 5.50. The topological polar surface area (TPSA) is 67.4 Å². The van der Waals surface area contributed by atoms with Gasteiger partial charge in [-0.15, -0.1) is 0 Å². The monoisotopic (exact) mass is 392 g/mol. The summed E-state index contributed by atoms with van der Waals surface area (Å²) in [5, 5.41) is 5.68. The molecule has 0 spiro atoms. The Kier molecular flexibility index (Phi) is 5.84. The Morgan fingerprint density at radius 3 is 2.35 bits per heavy atom. The van der Waals surface area contributed by atoms with Crippen molar-refractivity contribution >= 4 is 50.8 Å². The van der Waals surface area contributed by atoms with Gasteiger partial charge in [-0.2, -0.15) is 0 Å². The molecule has 2 rings (SSSR count).